The Morgan fingerprint density at radius 1 is 1.44 bits per heavy atom. The minimum Gasteiger partial charge on any atom is -0.548 e. The van der Waals surface area contributed by atoms with Gasteiger partial charge in [0, 0.05) is 5.69 Å². The van der Waals surface area contributed by atoms with Gasteiger partial charge in [-0.05, 0) is 24.5 Å². The summed E-state index contributed by atoms with van der Waals surface area (Å²) in [7, 11) is 0. The van der Waals surface area contributed by atoms with Crippen LogP contribution < -0.4 is 45.3 Å². The number of fused-ring (bicyclic) bond motifs is 1. The van der Waals surface area contributed by atoms with Crippen LogP contribution in [0.3, 0.4) is 0 Å². The summed E-state index contributed by atoms with van der Waals surface area (Å²) in [5.74, 6) is -1.65. The van der Waals surface area contributed by atoms with Crippen LogP contribution >= 0.6 is 0 Å². The van der Waals surface area contributed by atoms with Crippen LogP contribution in [-0.4, -0.2) is 24.5 Å². The number of aryl methyl sites for hydroxylation is 1. The largest absolute Gasteiger partial charge is 1.00 e. The van der Waals surface area contributed by atoms with Crippen LogP contribution in [0.5, 0.6) is 0 Å². The molecule has 1 heterocycles. The van der Waals surface area contributed by atoms with E-state index in [0.29, 0.717) is 18.5 Å². The quantitative estimate of drug-likeness (QED) is 0.547. The second-order valence-corrected chi connectivity index (χ2v) is 4.07. The van der Waals surface area contributed by atoms with E-state index >= 15 is 0 Å². The number of nitrogens with two attached hydrogens (primary N) is 1. The molecule has 2 N–H and O–H groups in total. The zero-order valence-electron chi connectivity index (χ0n) is 10.3. The minimum absolute atomic E-state index is 0. The zero-order chi connectivity index (χ0) is 12.4. The number of hydrogen-bond donors (Lipinski definition) is 1. The van der Waals surface area contributed by atoms with Crippen LogP contribution in [0.15, 0.2) is 24.3 Å². The molecule has 1 aliphatic rings. The van der Waals surface area contributed by atoms with Gasteiger partial charge in [0.2, 0.25) is 5.91 Å². The summed E-state index contributed by atoms with van der Waals surface area (Å²) in [5.41, 5.74) is 7.28. The Balaban J connectivity index is 0.00000162. The van der Waals surface area contributed by atoms with Gasteiger partial charge in [0.25, 0.3) is 0 Å². The normalized spacial score (nSPS) is 18.6. The fourth-order valence-electron chi connectivity index (χ4n) is 2.03. The summed E-state index contributed by atoms with van der Waals surface area (Å²) >= 11 is 0. The number of benzene rings is 1. The van der Waals surface area contributed by atoms with Gasteiger partial charge in [0.1, 0.15) is 0 Å². The maximum atomic E-state index is 12.0. The first-order valence-electron chi connectivity index (χ1n) is 5.44. The summed E-state index contributed by atoms with van der Waals surface area (Å²) in [6, 6.07) is 6.58. The molecular formula is C12H13N2NaO3. The summed E-state index contributed by atoms with van der Waals surface area (Å²) < 4.78 is 0. The molecule has 5 nitrogen and oxygen atoms in total. The van der Waals surface area contributed by atoms with Crippen LogP contribution in [0, 0.1) is 0 Å². The SMILES string of the molecule is N[C@H]1CCc2ccccc2N(CC(=O)[O-])C1=O.[Na+]. The summed E-state index contributed by atoms with van der Waals surface area (Å²) in [6.45, 7) is -0.455. The van der Waals surface area contributed by atoms with Gasteiger partial charge in [-0.2, -0.15) is 0 Å². The third-order valence-corrected chi connectivity index (χ3v) is 2.88. The van der Waals surface area contributed by atoms with Crippen molar-refractivity contribution in [3.63, 3.8) is 0 Å². The van der Waals surface area contributed by atoms with Crippen molar-refractivity contribution in [1.82, 2.24) is 0 Å². The minimum atomic E-state index is -1.29. The molecule has 1 amide bonds. The molecule has 0 aliphatic carbocycles. The average Bonchev–Trinajstić information content (AvgIpc) is 2.42. The van der Waals surface area contributed by atoms with E-state index in [1.165, 1.54) is 4.90 Å². The molecule has 6 heteroatoms. The molecule has 0 radical (unpaired) electrons. The van der Waals surface area contributed by atoms with Gasteiger partial charge in [-0.15, -0.1) is 0 Å². The molecule has 1 aliphatic heterocycles. The van der Waals surface area contributed by atoms with E-state index in [4.69, 9.17) is 5.73 Å². The van der Waals surface area contributed by atoms with Crippen molar-refractivity contribution in [3.8, 4) is 0 Å². The number of aliphatic carboxylic acids is 1. The molecule has 2 rings (SSSR count). The molecule has 0 spiro atoms. The van der Waals surface area contributed by atoms with Crippen molar-refractivity contribution in [1.29, 1.82) is 0 Å². The Hall–Kier alpha value is -0.880. The molecule has 0 saturated carbocycles. The molecule has 1 atom stereocenters. The number of nitrogens with zero attached hydrogens (tertiary/aromatic N) is 1. The summed E-state index contributed by atoms with van der Waals surface area (Å²) in [4.78, 5) is 23.8. The Bertz CT molecular complexity index is 464. The molecule has 1 aromatic carbocycles. The maximum Gasteiger partial charge on any atom is 1.00 e. The van der Waals surface area contributed by atoms with Crippen LogP contribution in [0.25, 0.3) is 0 Å². The van der Waals surface area contributed by atoms with Crippen molar-refractivity contribution >= 4 is 17.6 Å². The van der Waals surface area contributed by atoms with Gasteiger partial charge in [-0.3, -0.25) is 4.79 Å². The Labute approximate surface area is 127 Å². The van der Waals surface area contributed by atoms with Crippen LogP contribution in [0.1, 0.15) is 12.0 Å². The van der Waals surface area contributed by atoms with Crippen molar-refractivity contribution in [2.45, 2.75) is 18.9 Å². The first kappa shape index (κ1) is 15.2. The van der Waals surface area contributed by atoms with E-state index < -0.39 is 18.6 Å². The van der Waals surface area contributed by atoms with Gasteiger partial charge < -0.3 is 20.5 Å². The zero-order valence-corrected chi connectivity index (χ0v) is 12.3. The van der Waals surface area contributed by atoms with Crippen LogP contribution in [0.4, 0.5) is 5.69 Å². The smallest absolute Gasteiger partial charge is 0.548 e. The number of carboxylic acids is 1. The average molecular weight is 256 g/mol. The first-order valence-corrected chi connectivity index (χ1v) is 5.44. The molecule has 0 bridgehead atoms. The third-order valence-electron chi connectivity index (χ3n) is 2.88. The van der Waals surface area contributed by atoms with Gasteiger partial charge in [0.05, 0.1) is 18.6 Å². The van der Waals surface area contributed by atoms with Gasteiger partial charge >= 0.3 is 29.6 Å². The topological polar surface area (TPSA) is 86.5 Å². The van der Waals surface area contributed by atoms with Crippen molar-refractivity contribution < 1.29 is 44.3 Å². The summed E-state index contributed by atoms with van der Waals surface area (Å²) in [5, 5.41) is 10.7. The monoisotopic (exact) mass is 256 g/mol. The Kier molecular flexibility index (Phi) is 5.34. The maximum absolute atomic E-state index is 12.0. The number of carbonyl (C=O) groups excluding carboxylic acids is 2. The Morgan fingerprint density at radius 3 is 2.78 bits per heavy atom. The predicted octanol–water partition coefficient (Wildman–Crippen LogP) is -3.95. The predicted molar refractivity (Wildman–Crippen MR) is 60.1 cm³/mol. The van der Waals surface area contributed by atoms with Gasteiger partial charge in [-0.1, -0.05) is 18.2 Å². The van der Waals surface area contributed by atoms with Crippen molar-refractivity contribution in [3.05, 3.63) is 29.8 Å². The Morgan fingerprint density at radius 2 is 2.11 bits per heavy atom. The number of para-hydroxylation sites is 1. The van der Waals surface area contributed by atoms with E-state index in [9.17, 15) is 14.7 Å². The standard InChI is InChI=1S/C12H14N2O3.Na/c13-9-6-5-8-3-1-2-4-10(8)14(12(9)17)7-11(15)16;/h1-4,9H,5-7,13H2,(H,15,16);/q;+1/p-1/t9-;/m0./s1. The number of hydrogen-bond acceptors (Lipinski definition) is 4. The number of anilines is 1. The van der Waals surface area contributed by atoms with Crippen molar-refractivity contribution in [2.24, 2.45) is 5.73 Å². The third kappa shape index (κ3) is 3.11. The molecule has 0 unspecified atom stereocenters. The molecule has 90 valence electrons. The second kappa shape index (κ2) is 6.33. The molecule has 0 saturated heterocycles. The fraction of sp³-hybridized carbons (Fsp3) is 0.333. The van der Waals surface area contributed by atoms with Crippen LogP contribution in [-0.2, 0) is 16.0 Å². The molecule has 0 aromatic heterocycles. The van der Waals surface area contributed by atoms with E-state index in [0.717, 1.165) is 5.56 Å². The number of carboxylic acid groups (broad SMARTS) is 1. The van der Waals surface area contributed by atoms with Crippen molar-refractivity contribution in [2.75, 3.05) is 11.4 Å². The van der Waals surface area contributed by atoms with E-state index in [1.54, 1.807) is 12.1 Å². The van der Waals surface area contributed by atoms with Gasteiger partial charge in [-0.25, -0.2) is 0 Å². The van der Waals surface area contributed by atoms with Crippen LogP contribution in [0.2, 0.25) is 0 Å². The number of amides is 1. The van der Waals surface area contributed by atoms with Gasteiger partial charge in [0.15, 0.2) is 0 Å². The molecule has 1 aromatic rings. The van der Waals surface area contributed by atoms with E-state index in [2.05, 4.69) is 0 Å². The number of rotatable bonds is 2. The summed E-state index contributed by atoms with van der Waals surface area (Å²) in [6.07, 6.45) is 1.20. The first-order chi connectivity index (χ1) is 8.09. The van der Waals surface area contributed by atoms with E-state index in [1.807, 2.05) is 12.1 Å². The number of carbonyl (C=O) groups is 2. The fourth-order valence-corrected chi connectivity index (χ4v) is 2.03. The van der Waals surface area contributed by atoms with E-state index in [-0.39, 0.29) is 35.5 Å². The molecule has 0 fully saturated rings. The second-order valence-electron chi connectivity index (χ2n) is 4.07. The molecular weight excluding hydrogens is 243 g/mol. The molecule has 18 heavy (non-hydrogen) atoms.